The molecule has 0 saturated heterocycles. The zero-order valence-corrected chi connectivity index (χ0v) is 16.0. The van der Waals surface area contributed by atoms with Crippen molar-refractivity contribution >= 4 is 5.91 Å². The van der Waals surface area contributed by atoms with Crippen LogP contribution in [0.4, 0.5) is 0 Å². The van der Waals surface area contributed by atoms with Crippen LogP contribution in [0.5, 0.6) is 0 Å². The fourth-order valence-electron chi connectivity index (χ4n) is 2.79. The van der Waals surface area contributed by atoms with Crippen LogP contribution in [0.1, 0.15) is 21.6 Å². The Labute approximate surface area is 163 Å². The van der Waals surface area contributed by atoms with E-state index in [0.717, 1.165) is 11.1 Å². The molecule has 0 spiro atoms. The van der Waals surface area contributed by atoms with Crippen LogP contribution in [0.3, 0.4) is 0 Å². The molecule has 0 N–H and O–H groups in total. The van der Waals surface area contributed by atoms with Gasteiger partial charge in [-0.2, -0.15) is 10.2 Å². The smallest absolute Gasteiger partial charge is 0.274 e. The third-order valence-electron chi connectivity index (χ3n) is 4.23. The van der Waals surface area contributed by atoms with Crippen molar-refractivity contribution in [3.63, 3.8) is 0 Å². The van der Waals surface area contributed by atoms with Crippen molar-refractivity contribution in [2.24, 2.45) is 0 Å². The maximum atomic E-state index is 12.7. The summed E-state index contributed by atoms with van der Waals surface area (Å²) in [5.74, 6) is -0.262. The molecule has 0 bridgehead atoms. The average molecular weight is 381 g/mol. The molecular formula is C20H23N5O3. The van der Waals surface area contributed by atoms with Gasteiger partial charge in [0, 0.05) is 38.5 Å². The number of carbonyl (C=O) groups excluding carboxylic acids is 1. The number of hydrogen-bond donors (Lipinski definition) is 0. The van der Waals surface area contributed by atoms with Crippen molar-refractivity contribution in [1.82, 2.24) is 24.5 Å². The van der Waals surface area contributed by atoms with E-state index >= 15 is 0 Å². The number of carbonyl (C=O) groups is 1. The molecule has 0 aliphatic rings. The molecule has 8 heteroatoms. The lowest BCUT2D eigenvalue weighted by molar-refractivity contribution is 0.0775. The molecule has 2 heterocycles. The molecule has 0 aliphatic heterocycles. The summed E-state index contributed by atoms with van der Waals surface area (Å²) in [5.41, 5.74) is 2.02. The Hall–Kier alpha value is -3.26. The number of nitrogens with zero attached hydrogens (tertiary/aromatic N) is 5. The van der Waals surface area contributed by atoms with Gasteiger partial charge < -0.3 is 9.64 Å². The van der Waals surface area contributed by atoms with E-state index in [-0.39, 0.29) is 17.2 Å². The summed E-state index contributed by atoms with van der Waals surface area (Å²) in [5, 5.41) is 8.51. The number of amides is 1. The predicted molar refractivity (Wildman–Crippen MR) is 104 cm³/mol. The molecule has 0 unspecified atom stereocenters. The normalized spacial score (nSPS) is 10.8. The molecule has 1 amide bonds. The van der Waals surface area contributed by atoms with Crippen molar-refractivity contribution in [1.29, 1.82) is 0 Å². The second-order valence-corrected chi connectivity index (χ2v) is 6.47. The first kappa shape index (κ1) is 19.5. The Morgan fingerprint density at radius 3 is 2.68 bits per heavy atom. The van der Waals surface area contributed by atoms with Gasteiger partial charge in [0.25, 0.3) is 11.5 Å². The van der Waals surface area contributed by atoms with Gasteiger partial charge in [0.05, 0.1) is 25.9 Å². The highest BCUT2D eigenvalue weighted by Gasteiger charge is 2.16. The van der Waals surface area contributed by atoms with Gasteiger partial charge in [-0.15, -0.1) is 0 Å². The Kier molecular flexibility index (Phi) is 6.33. The highest BCUT2D eigenvalue weighted by atomic mass is 16.5. The molecule has 3 aromatic rings. The highest BCUT2D eigenvalue weighted by molar-refractivity contribution is 5.91. The van der Waals surface area contributed by atoms with Crippen molar-refractivity contribution in [2.75, 3.05) is 20.8 Å². The second kappa shape index (κ2) is 9.09. The van der Waals surface area contributed by atoms with E-state index in [1.54, 1.807) is 25.3 Å². The lowest BCUT2D eigenvalue weighted by Gasteiger charge is -2.16. The number of benzene rings is 1. The second-order valence-electron chi connectivity index (χ2n) is 6.47. The molecule has 1 aromatic carbocycles. The first-order valence-corrected chi connectivity index (χ1v) is 8.94. The van der Waals surface area contributed by atoms with E-state index in [0.29, 0.717) is 26.2 Å². The first-order valence-electron chi connectivity index (χ1n) is 8.94. The van der Waals surface area contributed by atoms with Crippen LogP contribution in [0.2, 0.25) is 0 Å². The SMILES string of the molecule is COCCn1nc(C(=O)N(C)Cc2cnn(Cc3ccccc3)c2)ccc1=O. The Balaban J connectivity index is 1.65. The van der Waals surface area contributed by atoms with Crippen molar-refractivity contribution in [3.05, 3.63) is 82.0 Å². The minimum Gasteiger partial charge on any atom is -0.383 e. The molecule has 0 fully saturated rings. The molecule has 0 aliphatic carbocycles. The van der Waals surface area contributed by atoms with Gasteiger partial charge in [-0.1, -0.05) is 30.3 Å². The van der Waals surface area contributed by atoms with Crippen molar-refractivity contribution in [2.45, 2.75) is 19.6 Å². The fraction of sp³-hybridized carbons (Fsp3) is 0.300. The molecule has 28 heavy (non-hydrogen) atoms. The summed E-state index contributed by atoms with van der Waals surface area (Å²) >= 11 is 0. The van der Waals surface area contributed by atoms with E-state index in [2.05, 4.69) is 10.2 Å². The van der Waals surface area contributed by atoms with Crippen LogP contribution < -0.4 is 5.56 Å². The maximum Gasteiger partial charge on any atom is 0.274 e. The average Bonchev–Trinajstić information content (AvgIpc) is 3.14. The number of methoxy groups -OCH3 is 1. The zero-order valence-electron chi connectivity index (χ0n) is 16.0. The number of rotatable bonds is 8. The topological polar surface area (TPSA) is 82.2 Å². The molecule has 0 atom stereocenters. The van der Waals surface area contributed by atoms with Crippen molar-refractivity contribution < 1.29 is 9.53 Å². The fourth-order valence-corrected chi connectivity index (χ4v) is 2.79. The number of hydrogen-bond acceptors (Lipinski definition) is 5. The molecule has 0 saturated carbocycles. The quantitative estimate of drug-likeness (QED) is 0.589. The highest BCUT2D eigenvalue weighted by Crippen LogP contribution is 2.08. The van der Waals surface area contributed by atoms with Crippen LogP contribution in [-0.4, -0.2) is 51.1 Å². The van der Waals surface area contributed by atoms with Gasteiger partial charge in [0.15, 0.2) is 0 Å². The standard InChI is InChI=1S/C20H23N5O3/c1-23(20(27)18-8-9-19(26)25(22-18)10-11-28-2)13-17-12-21-24(15-17)14-16-6-4-3-5-7-16/h3-9,12,15H,10-11,13-14H2,1-2H3. The minimum absolute atomic E-state index is 0.217. The maximum absolute atomic E-state index is 12.7. The lowest BCUT2D eigenvalue weighted by atomic mass is 10.2. The van der Waals surface area contributed by atoms with Gasteiger partial charge in [0.1, 0.15) is 5.69 Å². The summed E-state index contributed by atoms with van der Waals surface area (Å²) in [7, 11) is 3.24. The van der Waals surface area contributed by atoms with Crippen LogP contribution in [-0.2, 0) is 24.4 Å². The summed E-state index contributed by atoms with van der Waals surface area (Å²) in [6.45, 7) is 1.71. The van der Waals surface area contributed by atoms with E-state index in [4.69, 9.17) is 4.74 Å². The molecular weight excluding hydrogens is 358 g/mol. The predicted octanol–water partition coefficient (Wildman–Crippen LogP) is 1.41. The van der Waals surface area contributed by atoms with Gasteiger partial charge in [-0.05, 0) is 11.6 Å². The van der Waals surface area contributed by atoms with Gasteiger partial charge in [-0.25, -0.2) is 4.68 Å². The van der Waals surface area contributed by atoms with Gasteiger partial charge in [0.2, 0.25) is 0 Å². The van der Waals surface area contributed by atoms with Crippen LogP contribution in [0.15, 0.2) is 59.7 Å². The zero-order chi connectivity index (χ0) is 19.9. The third-order valence-corrected chi connectivity index (χ3v) is 4.23. The van der Waals surface area contributed by atoms with Crippen LogP contribution in [0.25, 0.3) is 0 Å². The Morgan fingerprint density at radius 1 is 1.14 bits per heavy atom. The third kappa shape index (κ3) is 4.92. The molecule has 8 nitrogen and oxygen atoms in total. The van der Waals surface area contributed by atoms with E-state index in [1.165, 1.54) is 16.8 Å². The Bertz CT molecular complexity index is 981. The Morgan fingerprint density at radius 2 is 1.93 bits per heavy atom. The molecule has 2 aromatic heterocycles. The largest absolute Gasteiger partial charge is 0.383 e. The van der Waals surface area contributed by atoms with Crippen LogP contribution in [0, 0.1) is 0 Å². The van der Waals surface area contributed by atoms with Gasteiger partial charge in [-0.3, -0.25) is 14.3 Å². The summed E-state index contributed by atoms with van der Waals surface area (Å²) in [6, 6.07) is 12.8. The van der Waals surface area contributed by atoms with E-state index < -0.39 is 0 Å². The van der Waals surface area contributed by atoms with Crippen LogP contribution >= 0.6 is 0 Å². The molecule has 146 valence electrons. The number of aromatic nitrogens is 4. The lowest BCUT2D eigenvalue weighted by Crippen LogP contribution is -2.31. The molecule has 0 radical (unpaired) electrons. The number of ether oxygens (including phenoxy) is 1. The summed E-state index contributed by atoms with van der Waals surface area (Å²) < 4.78 is 8.05. The minimum atomic E-state index is -0.265. The van der Waals surface area contributed by atoms with E-state index in [9.17, 15) is 9.59 Å². The van der Waals surface area contributed by atoms with Crippen molar-refractivity contribution in [3.8, 4) is 0 Å². The summed E-state index contributed by atoms with van der Waals surface area (Å²) in [6.07, 6.45) is 3.67. The molecule has 3 rings (SSSR count). The summed E-state index contributed by atoms with van der Waals surface area (Å²) in [4.78, 5) is 26.0. The van der Waals surface area contributed by atoms with E-state index in [1.807, 2.05) is 41.2 Å². The monoisotopic (exact) mass is 381 g/mol. The van der Waals surface area contributed by atoms with Gasteiger partial charge >= 0.3 is 0 Å². The first-order chi connectivity index (χ1) is 13.6.